The van der Waals surface area contributed by atoms with Crippen molar-refractivity contribution in [1.82, 2.24) is 5.32 Å². The molecular formula is C16H25NO4. The SMILES string of the molecule is COc1ccc(OC)c(C(C)NCC2(O)CCOCC2)c1. The third-order valence-corrected chi connectivity index (χ3v) is 4.06. The molecule has 2 rings (SSSR count). The summed E-state index contributed by atoms with van der Waals surface area (Å²) < 4.78 is 16.0. The fourth-order valence-corrected chi connectivity index (χ4v) is 2.56. The lowest BCUT2D eigenvalue weighted by Gasteiger charge is -2.33. The molecule has 1 unspecified atom stereocenters. The molecule has 1 aromatic carbocycles. The molecule has 0 aromatic heterocycles. The highest BCUT2D eigenvalue weighted by atomic mass is 16.5. The monoisotopic (exact) mass is 295 g/mol. The standard InChI is InChI=1S/C16H25NO4/c1-12(17-11-16(18)6-8-21-9-7-16)14-10-13(19-2)4-5-15(14)20-3/h4-5,10,12,17-18H,6-9,11H2,1-3H3. The number of ether oxygens (including phenoxy) is 3. The summed E-state index contributed by atoms with van der Waals surface area (Å²) in [6.07, 6.45) is 1.34. The number of nitrogens with one attached hydrogen (secondary N) is 1. The van der Waals surface area contributed by atoms with Crippen LogP contribution in [0.4, 0.5) is 0 Å². The minimum Gasteiger partial charge on any atom is -0.497 e. The Hall–Kier alpha value is -1.30. The molecule has 1 aromatic rings. The topological polar surface area (TPSA) is 60.0 Å². The van der Waals surface area contributed by atoms with Crippen molar-refractivity contribution in [2.75, 3.05) is 34.0 Å². The highest BCUT2D eigenvalue weighted by Gasteiger charge is 2.30. The highest BCUT2D eigenvalue weighted by molar-refractivity contribution is 5.42. The van der Waals surface area contributed by atoms with Crippen molar-refractivity contribution in [3.05, 3.63) is 23.8 Å². The predicted molar refractivity (Wildman–Crippen MR) is 81.0 cm³/mol. The average Bonchev–Trinajstić information content (AvgIpc) is 2.52. The average molecular weight is 295 g/mol. The van der Waals surface area contributed by atoms with E-state index in [4.69, 9.17) is 14.2 Å². The molecule has 1 fully saturated rings. The molecule has 0 saturated carbocycles. The van der Waals surface area contributed by atoms with Gasteiger partial charge in [-0.05, 0) is 25.1 Å². The lowest BCUT2D eigenvalue weighted by atomic mass is 9.93. The minimum atomic E-state index is -0.682. The molecule has 1 atom stereocenters. The van der Waals surface area contributed by atoms with Crippen molar-refractivity contribution in [3.8, 4) is 11.5 Å². The van der Waals surface area contributed by atoms with Crippen LogP contribution in [0, 0.1) is 0 Å². The van der Waals surface area contributed by atoms with E-state index < -0.39 is 5.60 Å². The molecule has 1 saturated heterocycles. The van der Waals surface area contributed by atoms with Gasteiger partial charge in [-0.15, -0.1) is 0 Å². The van der Waals surface area contributed by atoms with E-state index in [1.54, 1.807) is 14.2 Å². The zero-order valence-electron chi connectivity index (χ0n) is 13.0. The molecular weight excluding hydrogens is 270 g/mol. The van der Waals surface area contributed by atoms with Crippen LogP contribution in [0.25, 0.3) is 0 Å². The largest absolute Gasteiger partial charge is 0.497 e. The first-order chi connectivity index (χ1) is 10.1. The van der Waals surface area contributed by atoms with Gasteiger partial charge in [0.15, 0.2) is 0 Å². The number of benzene rings is 1. The predicted octanol–water partition coefficient (Wildman–Crippen LogP) is 1.90. The van der Waals surface area contributed by atoms with Crippen molar-refractivity contribution in [2.24, 2.45) is 0 Å². The van der Waals surface area contributed by atoms with Crippen LogP contribution in [0.3, 0.4) is 0 Å². The van der Waals surface area contributed by atoms with Crippen molar-refractivity contribution < 1.29 is 19.3 Å². The van der Waals surface area contributed by atoms with Gasteiger partial charge in [0.2, 0.25) is 0 Å². The molecule has 1 heterocycles. The van der Waals surface area contributed by atoms with Crippen molar-refractivity contribution in [2.45, 2.75) is 31.4 Å². The molecule has 5 nitrogen and oxygen atoms in total. The van der Waals surface area contributed by atoms with E-state index >= 15 is 0 Å². The molecule has 21 heavy (non-hydrogen) atoms. The van der Waals surface area contributed by atoms with Gasteiger partial charge in [-0.3, -0.25) is 0 Å². The van der Waals surface area contributed by atoms with Crippen LogP contribution in [0.5, 0.6) is 11.5 Å². The third kappa shape index (κ3) is 4.09. The van der Waals surface area contributed by atoms with Gasteiger partial charge in [0.25, 0.3) is 0 Å². The van der Waals surface area contributed by atoms with Gasteiger partial charge in [0.1, 0.15) is 11.5 Å². The quantitative estimate of drug-likeness (QED) is 0.839. The van der Waals surface area contributed by atoms with Crippen LogP contribution in [-0.2, 0) is 4.74 Å². The fraction of sp³-hybridized carbons (Fsp3) is 0.625. The van der Waals surface area contributed by atoms with E-state index in [2.05, 4.69) is 12.2 Å². The Kier molecular flexibility index (Phi) is 5.45. The maximum absolute atomic E-state index is 10.5. The molecule has 118 valence electrons. The van der Waals surface area contributed by atoms with Crippen LogP contribution in [0.1, 0.15) is 31.4 Å². The van der Waals surface area contributed by atoms with Crippen LogP contribution >= 0.6 is 0 Å². The molecule has 5 heteroatoms. The van der Waals surface area contributed by atoms with E-state index in [9.17, 15) is 5.11 Å². The Morgan fingerprint density at radius 1 is 1.29 bits per heavy atom. The van der Waals surface area contributed by atoms with E-state index in [1.807, 2.05) is 18.2 Å². The lowest BCUT2D eigenvalue weighted by molar-refractivity contribution is -0.0626. The number of hydrogen-bond donors (Lipinski definition) is 2. The summed E-state index contributed by atoms with van der Waals surface area (Å²) >= 11 is 0. The summed E-state index contributed by atoms with van der Waals surface area (Å²) in [5.74, 6) is 1.61. The summed E-state index contributed by atoms with van der Waals surface area (Å²) in [4.78, 5) is 0. The van der Waals surface area contributed by atoms with Gasteiger partial charge in [-0.25, -0.2) is 0 Å². The maximum Gasteiger partial charge on any atom is 0.123 e. The first-order valence-corrected chi connectivity index (χ1v) is 7.33. The second kappa shape index (κ2) is 7.11. The summed E-state index contributed by atoms with van der Waals surface area (Å²) in [6, 6.07) is 5.79. The summed E-state index contributed by atoms with van der Waals surface area (Å²) in [7, 11) is 3.30. The molecule has 1 aliphatic rings. The Balaban J connectivity index is 2.03. The molecule has 0 amide bonds. The summed E-state index contributed by atoms with van der Waals surface area (Å²) in [5.41, 5.74) is 0.339. The number of hydrogen-bond acceptors (Lipinski definition) is 5. The van der Waals surface area contributed by atoms with Crippen molar-refractivity contribution in [1.29, 1.82) is 0 Å². The van der Waals surface area contributed by atoms with E-state index in [-0.39, 0.29) is 6.04 Å². The van der Waals surface area contributed by atoms with Gasteiger partial charge in [-0.2, -0.15) is 0 Å². The Morgan fingerprint density at radius 3 is 2.62 bits per heavy atom. The zero-order chi connectivity index (χ0) is 15.3. The van der Waals surface area contributed by atoms with Gasteiger partial charge in [0, 0.05) is 44.2 Å². The Labute approximate surface area is 126 Å². The van der Waals surface area contributed by atoms with Gasteiger partial charge < -0.3 is 24.6 Å². The normalized spacial score (nSPS) is 19.0. The second-order valence-corrected chi connectivity index (χ2v) is 5.55. The second-order valence-electron chi connectivity index (χ2n) is 5.55. The van der Waals surface area contributed by atoms with E-state index in [0.29, 0.717) is 32.6 Å². The Morgan fingerprint density at radius 2 is 2.00 bits per heavy atom. The minimum absolute atomic E-state index is 0.0573. The van der Waals surface area contributed by atoms with Gasteiger partial charge in [0.05, 0.1) is 19.8 Å². The molecule has 2 N–H and O–H groups in total. The number of aliphatic hydroxyl groups is 1. The molecule has 0 spiro atoms. The summed E-state index contributed by atoms with van der Waals surface area (Å²) in [6.45, 7) is 3.84. The van der Waals surface area contributed by atoms with Crippen molar-refractivity contribution in [3.63, 3.8) is 0 Å². The molecule has 0 radical (unpaired) electrons. The van der Waals surface area contributed by atoms with E-state index in [1.165, 1.54) is 0 Å². The van der Waals surface area contributed by atoms with Crippen LogP contribution < -0.4 is 14.8 Å². The first-order valence-electron chi connectivity index (χ1n) is 7.33. The number of methoxy groups -OCH3 is 2. The van der Waals surface area contributed by atoms with Gasteiger partial charge >= 0.3 is 0 Å². The Bertz CT molecular complexity index is 458. The fourth-order valence-electron chi connectivity index (χ4n) is 2.56. The third-order valence-electron chi connectivity index (χ3n) is 4.06. The van der Waals surface area contributed by atoms with Crippen LogP contribution in [0.15, 0.2) is 18.2 Å². The first kappa shape index (κ1) is 16.1. The van der Waals surface area contributed by atoms with Crippen LogP contribution in [0.2, 0.25) is 0 Å². The van der Waals surface area contributed by atoms with E-state index in [0.717, 1.165) is 17.1 Å². The van der Waals surface area contributed by atoms with Gasteiger partial charge in [-0.1, -0.05) is 0 Å². The lowest BCUT2D eigenvalue weighted by Crippen LogP contribution is -2.45. The maximum atomic E-state index is 10.5. The zero-order valence-corrected chi connectivity index (χ0v) is 13.0. The summed E-state index contributed by atoms with van der Waals surface area (Å²) in [5, 5.41) is 13.9. The number of rotatable bonds is 6. The molecule has 1 aliphatic heterocycles. The highest BCUT2D eigenvalue weighted by Crippen LogP contribution is 2.30. The molecule has 0 aliphatic carbocycles. The van der Waals surface area contributed by atoms with Crippen molar-refractivity contribution >= 4 is 0 Å². The smallest absolute Gasteiger partial charge is 0.123 e. The molecule has 0 bridgehead atoms. The van der Waals surface area contributed by atoms with Crippen LogP contribution in [-0.4, -0.2) is 44.7 Å².